The Morgan fingerprint density at radius 1 is 0.978 bits per heavy atom. The van der Waals surface area contributed by atoms with Crippen molar-refractivity contribution in [1.29, 1.82) is 0 Å². The summed E-state index contributed by atoms with van der Waals surface area (Å²) >= 11 is 0. The van der Waals surface area contributed by atoms with Crippen molar-refractivity contribution < 1.29 is 19.4 Å². The largest absolute Gasteiger partial charge is 0.494 e. The number of aromatic nitrogens is 3. The molecule has 3 N–H and O–H groups in total. The van der Waals surface area contributed by atoms with Crippen LogP contribution in [0.3, 0.4) is 0 Å². The van der Waals surface area contributed by atoms with E-state index in [1.165, 1.54) is 0 Å². The molecule has 6 rings (SSSR count). The number of fused-ring (bicyclic) bond motifs is 1. The zero-order valence-electron chi connectivity index (χ0n) is 25.8. The number of aliphatic imine (C=N–C) groups is 1. The van der Waals surface area contributed by atoms with Crippen molar-refractivity contribution in [3.05, 3.63) is 101 Å². The van der Waals surface area contributed by atoms with Gasteiger partial charge in [0.05, 0.1) is 35.7 Å². The summed E-state index contributed by atoms with van der Waals surface area (Å²) in [5.74, 6) is -0.474. The molecule has 3 aromatic carbocycles. The van der Waals surface area contributed by atoms with Crippen LogP contribution in [-0.2, 0) is 10.3 Å². The van der Waals surface area contributed by atoms with Crippen molar-refractivity contribution in [2.75, 3.05) is 36.5 Å². The molecule has 10 nitrogen and oxygen atoms in total. The SMILES string of the molecule is Cc1cc(C(=O)Nc2ccc(C(=O)c3ccc4c(C=Nc5ccc(N6CCOCC6)cc5)c(O)[nH]c4c3)cc2)n(C(C)(C)C)n1. The van der Waals surface area contributed by atoms with Crippen molar-refractivity contribution in [2.24, 2.45) is 4.99 Å². The monoisotopic (exact) mass is 604 g/mol. The number of carbonyl (C=O) groups excluding carboxylic acids is 2. The fraction of sp³-hybridized carbons (Fsp3) is 0.257. The van der Waals surface area contributed by atoms with E-state index in [0.717, 1.165) is 48.8 Å². The van der Waals surface area contributed by atoms with Crippen LogP contribution in [0.4, 0.5) is 17.1 Å². The van der Waals surface area contributed by atoms with E-state index in [2.05, 4.69) is 25.3 Å². The summed E-state index contributed by atoms with van der Waals surface area (Å²) in [6.07, 6.45) is 1.63. The second-order valence-corrected chi connectivity index (χ2v) is 12.1. The molecule has 230 valence electrons. The van der Waals surface area contributed by atoms with E-state index >= 15 is 0 Å². The molecule has 0 spiro atoms. The van der Waals surface area contributed by atoms with E-state index in [4.69, 9.17) is 4.74 Å². The molecule has 1 saturated heterocycles. The zero-order chi connectivity index (χ0) is 31.7. The van der Waals surface area contributed by atoms with Crippen LogP contribution in [0.2, 0.25) is 0 Å². The third-order valence-corrected chi connectivity index (χ3v) is 7.75. The zero-order valence-corrected chi connectivity index (χ0v) is 25.8. The Bertz CT molecular complexity index is 1890. The maximum absolute atomic E-state index is 13.3. The molecule has 0 aliphatic carbocycles. The number of aryl methyl sites for hydroxylation is 1. The van der Waals surface area contributed by atoms with Crippen LogP contribution >= 0.6 is 0 Å². The van der Waals surface area contributed by atoms with Gasteiger partial charge in [-0.05, 0) is 88.4 Å². The van der Waals surface area contributed by atoms with Gasteiger partial charge in [0.1, 0.15) is 5.69 Å². The summed E-state index contributed by atoms with van der Waals surface area (Å²) in [6, 6.07) is 21.8. The van der Waals surface area contributed by atoms with Gasteiger partial charge >= 0.3 is 0 Å². The number of nitrogens with one attached hydrogen (secondary N) is 2. The molecule has 0 bridgehead atoms. The molecule has 3 heterocycles. The number of nitrogens with zero attached hydrogens (tertiary/aromatic N) is 4. The number of morpholine rings is 1. The lowest BCUT2D eigenvalue weighted by Gasteiger charge is -2.28. The minimum absolute atomic E-state index is 0.0219. The number of H-pyrrole nitrogens is 1. The normalized spacial score (nSPS) is 13.9. The molecule has 0 unspecified atom stereocenters. The first-order valence-electron chi connectivity index (χ1n) is 14.9. The topological polar surface area (TPSA) is 125 Å². The van der Waals surface area contributed by atoms with Gasteiger partial charge in [-0.3, -0.25) is 19.3 Å². The molecule has 5 aromatic rings. The van der Waals surface area contributed by atoms with E-state index in [-0.39, 0.29) is 23.1 Å². The van der Waals surface area contributed by atoms with Gasteiger partial charge in [-0.2, -0.15) is 5.10 Å². The standard InChI is InChI=1S/C35H36N6O4/c1-22-19-31(41(39-22)35(2,3)4)34(44)37-26-8-5-23(6-9-26)32(42)24-7-14-28-29(33(43)38-30(28)20-24)21-36-25-10-12-27(13-11-25)40-15-17-45-18-16-40/h5-14,19-21,38,43H,15-18H2,1-4H3,(H,37,44). The molecule has 0 atom stereocenters. The number of hydrogen-bond acceptors (Lipinski definition) is 7. The minimum Gasteiger partial charge on any atom is -0.494 e. The fourth-order valence-electron chi connectivity index (χ4n) is 5.43. The predicted octanol–water partition coefficient (Wildman–Crippen LogP) is 6.20. The molecule has 0 radical (unpaired) electrons. The molecule has 45 heavy (non-hydrogen) atoms. The number of carbonyl (C=O) groups is 2. The highest BCUT2D eigenvalue weighted by Gasteiger charge is 2.23. The highest BCUT2D eigenvalue weighted by atomic mass is 16.5. The highest BCUT2D eigenvalue weighted by Crippen LogP contribution is 2.29. The lowest BCUT2D eigenvalue weighted by atomic mass is 10.0. The molecule has 10 heteroatoms. The fourth-order valence-corrected chi connectivity index (χ4v) is 5.43. The Balaban J connectivity index is 1.15. The van der Waals surface area contributed by atoms with Crippen LogP contribution in [-0.4, -0.2) is 64.1 Å². The number of ketones is 1. The third kappa shape index (κ3) is 6.37. The number of aromatic hydroxyl groups is 1. The molecule has 1 aliphatic rings. The van der Waals surface area contributed by atoms with Gasteiger partial charge in [-0.15, -0.1) is 0 Å². The Morgan fingerprint density at radius 2 is 1.67 bits per heavy atom. The van der Waals surface area contributed by atoms with Gasteiger partial charge in [0, 0.05) is 52.7 Å². The second kappa shape index (κ2) is 12.0. The summed E-state index contributed by atoms with van der Waals surface area (Å²) in [7, 11) is 0. The Hall–Kier alpha value is -5.22. The van der Waals surface area contributed by atoms with Gasteiger partial charge in [0.15, 0.2) is 11.7 Å². The van der Waals surface area contributed by atoms with Crippen molar-refractivity contribution in [3.8, 4) is 5.88 Å². The number of aromatic amines is 1. The predicted molar refractivity (Wildman–Crippen MR) is 176 cm³/mol. The van der Waals surface area contributed by atoms with Crippen molar-refractivity contribution in [3.63, 3.8) is 0 Å². The highest BCUT2D eigenvalue weighted by molar-refractivity contribution is 6.12. The summed E-state index contributed by atoms with van der Waals surface area (Å²) < 4.78 is 7.14. The van der Waals surface area contributed by atoms with Crippen LogP contribution in [0.15, 0.2) is 77.8 Å². The van der Waals surface area contributed by atoms with Crippen molar-refractivity contribution in [1.82, 2.24) is 14.8 Å². The van der Waals surface area contributed by atoms with Gasteiger partial charge in [-0.1, -0.05) is 12.1 Å². The number of amides is 1. The lowest BCUT2D eigenvalue weighted by molar-refractivity contribution is 0.100. The smallest absolute Gasteiger partial charge is 0.273 e. The van der Waals surface area contributed by atoms with Crippen LogP contribution in [0, 0.1) is 6.92 Å². The number of ether oxygens (including phenoxy) is 1. The number of benzene rings is 3. The van der Waals surface area contributed by atoms with E-state index in [1.807, 2.05) is 52.0 Å². The number of rotatable bonds is 7. The summed E-state index contributed by atoms with van der Waals surface area (Å²) in [4.78, 5) is 36.2. The number of hydrogen-bond donors (Lipinski definition) is 3. The molecular weight excluding hydrogens is 568 g/mol. The molecule has 1 aliphatic heterocycles. The first-order chi connectivity index (χ1) is 21.6. The van der Waals surface area contributed by atoms with Gasteiger partial charge in [0.25, 0.3) is 5.91 Å². The van der Waals surface area contributed by atoms with E-state index < -0.39 is 0 Å². The Morgan fingerprint density at radius 3 is 2.36 bits per heavy atom. The van der Waals surface area contributed by atoms with Crippen LogP contribution in [0.25, 0.3) is 10.9 Å². The number of anilines is 2. The van der Waals surface area contributed by atoms with Crippen LogP contribution in [0.5, 0.6) is 5.88 Å². The van der Waals surface area contributed by atoms with Crippen LogP contribution in [0.1, 0.15) is 58.4 Å². The summed E-state index contributed by atoms with van der Waals surface area (Å²) in [6.45, 7) is 11.0. The molecule has 1 fully saturated rings. The first kappa shape index (κ1) is 29.8. The minimum atomic E-state index is -0.350. The molecular formula is C35H36N6O4. The van der Waals surface area contributed by atoms with E-state index in [9.17, 15) is 14.7 Å². The molecule has 0 saturated carbocycles. The summed E-state index contributed by atoms with van der Waals surface area (Å²) in [5.41, 5.74) is 5.45. The van der Waals surface area contributed by atoms with Crippen molar-refractivity contribution >= 4 is 45.9 Å². The maximum atomic E-state index is 13.3. The maximum Gasteiger partial charge on any atom is 0.273 e. The van der Waals surface area contributed by atoms with E-state index in [0.29, 0.717) is 33.6 Å². The van der Waals surface area contributed by atoms with Crippen molar-refractivity contribution in [2.45, 2.75) is 33.2 Å². The second-order valence-electron chi connectivity index (χ2n) is 12.1. The first-order valence-corrected chi connectivity index (χ1v) is 14.9. The Labute approximate surface area is 261 Å². The quantitative estimate of drug-likeness (QED) is 0.150. The lowest BCUT2D eigenvalue weighted by Crippen LogP contribution is -2.36. The average molecular weight is 605 g/mol. The van der Waals surface area contributed by atoms with Gasteiger partial charge < -0.3 is 25.0 Å². The third-order valence-electron chi connectivity index (χ3n) is 7.75. The average Bonchev–Trinajstić information content (AvgIpc) is 3.59. The van der Waals surface area contributed by atoms with E-state index in [1.54, 1.807) is 59.4 Å². The van der Waals surface area contributed by atoms with Crippen LogP contribution < -0.4 is 10.2 Å². The Kier molecular flexibility index (Phi) is 7.99. The molecule has 1 amide bonds. The van der Waals surface area contributed by atoms with Gasteiger partial charge in [0.2, 0.25) is 0 Å². The molecule has 2 aromatic heterocycles. The van der Waals surface area contributed by atoms with Gasteiger partial charge in [-0.25, -0.2) is 0 Å². The summed E-state index contributed by atoms with van der Waals surface area (Å²) in [5, 5.41) is 18.7.